The van der Waals surface area contributed by atoms with Gasteiger partial charge in [0.1, 0.15) is 0 Å². The van der Waals surface area contributed by atoms with Crippen LogP contribution in [0.2, 0.25) is 0 Å². The first-order valence-electron chi connectivity index (χ1n) is 11.9. The number of fused-ring (bicyclic) bond motifs is 4. The molecule has 8 heteroatoms. The zero-order chi connectivity index (χ0) is 22.1. The Morgan fingerprint density at radius 3 is 1.55 bits per heavy atom. The van der Waals surface area contributed by atoms with Crippen LogP contribution in [0.5, 0.6) is 0 Å². The van der Waals surface area contributed by atoms with Crippen LogP contribution >= 0.6 is 20.2 Å². The summed E-state index contributed by atoms with van der Waals surface area (Å²) in [4.78, 5) is 5.06. The Morgan fingerprint density at radius 2 is 1.13 bits per heavy atom. The van der Waals surface area contributed by atoms with Crippen molar-refractivity contribution < 1.29 is 13.1 Å². The summed E-state index contributed by atoms with van der Waals surface area (Å²) in [6, 6.07) is 9.34. The SMILES string of the molecule is C[C@@H]1N[C@@H]2CCCCC2NCCNC2CCCC[C@H]2N[C@@H](C)c2cccc1n2.[Cl][Mn][Cl]. The van der Waals surface area contributed by atoms with Gasteiger partial charge in [0.2, 0.25) is 0 Å². The van der Waals surface area contributed by atoms with Crippen molar-refractivity contribution in [1.29, 1.82) is 0 Å². The topological polar surface area (TPSA) is 61.0 Å². The third-order valence-electron chi connectivity index (χ3n) is 7.08. The minimum absolute atomic E-state index is 0.00694. The van der Waals surface area contributed by atoms with Crippen molar-refractivity contribution in [3.8, 4) is 0 Å². The number of halogens is 2. The van der Waals surface area contributed by atoms with E-state index in [-0.39, 0.29) is 25.2 Å². The molecule has 2 saturated carbocycles. The predicted octanol–water partition coefficient (Wildman–Crippen LogP) is 4.57. The number of pyridine rings is 1. The van der Waals surface area contributed by atoms with Crippen LogP contribution in [0.15, 0.2) is 18.2 Å². The molecular formula is C23H39Cl2MnN5. The van der Waals surface area contributed by atoms with E-state index in [4.69, 9.17) is 25.2 Å². The summed E-state index contributed by atoms with van der Waals surface area (Å²) in [6.07, 6.45) is 10.4. The van der Waals surface area contributed by atoms with E-state index in [9.17, 15) is 0 Å². The van der Waals surface area contributed by atoms with Gasteiger partial charge in [0.15, 0.2) is 0 Å². The van der Waals surface area contributed by atoms with Crippen molar-refractivity contribution in [1.82, 2.24) is 26.3 Å². The molecule has 0 spiro atoms. The first-order valence-corrected chi connectivity index (χ1v) is 15.2. The van der Waals surface area contributed by atoms with Gasteiger partial charge in [-0.05, 0) is 51.7 Å². The monoisotopic (exact) mass is 510 g/mol. The number of hydrogen-bond donors (Lipinski definition) is 4. The summed E-state index contributed by atoms with van der Waals surface area (Å²) in [5.74, 6) is 0. The van der Waals surface area contributed by atoms with Gasteiger partial charge < -0.3 is 21.3 Å². The van der Waals surface area contributed by atoms with Crippen LogP contribution in [-0.2, 0) is 13.1 Å². The van der Waals surface area contributed by atoms with Crippen LogP contribution in [-0.4, -0.2) is 42.2 Å². The van der Waals surface area contributed by atoms with Crippen molar-refractivity contribution in [3.05, 3.63) is 29.6 Å². The van der Waals surface area contributed by atoms with Gasteiger partial charge in [-0.2, -0.15) is 0 Å². The summed E-state index contributed by atoms with van der Waals surface area (Å²) < 4.78 is 0. The Morgan fingerprint density at radius 1 is 0.742 bits per heavy atom. The van der Waals surface area contributed by atoms with Crippen molar-refractivity contribution >= 4 is 20.2 Å². The van der Waals surface area contributed by atoms with Gasteiger partial charge in [-0.25, -0.2) is 0 Å². The molecule has 1 aromatic rings. The van der Waals surface area contributed by atoms with E-state index in [1.165, 1.54) is 62.8 Å². The van der Waals surface area contributed by atoms with E-state index in [0.717, 1.165) is 13.1 Å². The normalized spacial score (nSPS) is 34.7. The van der Waals surface area contributed by atoms with Crippen molar-refractivity contribution in [3.63, 3.8) is 0 Å². The molecule has 6 atom stereocenters. The first-order chi connectivity index (χ1) is 15.1. The van der Waals surface area contributed by atoms with E-state index in [2.05, 4.69) is 53.3 Å². The van der Waals surface area contributed by atoms with Gasteiger partial charge in [-0.15, -0.1) is 0 Å². The second kappa shape index (κ2) is 13.7. The quantitative estimate of drug-likeness (QED) is 0.385. The van der Waals surface area contributed by atoms with Crippen molar-refractivity contribution in [2.45, 2.75) is 101 Å². The Hall–Kier alpha value is 0.0895. The number of nitrogens with zero attached hydrogens (tertiary/aromatic N) is 1. The van der Waals surface area contributed by atoms with Gasteiger partial charge in [0, 0.05) is 49.3 Å². The molecule has 2 unspecified atom stereocenters. The second-order valence-corrected chi connectivity index (χ2v) is 11.2. The molecule has 0 saturated heterocycles. The Kier molecular flexibility index (Phi) is 11.4. The molecular weight excluding hydrogens is 472 g/mol. The second-order valence-electron chi connectivity index (χ2n) is 9.22. The van der Waals surface area contributed by atoms with Crippen LogP contribution in [0.25, 0.3) is 0 Å². The molecule has 1 aliphatic heterocycles. The number of rotatable bonds is 0. The zero-order valence-corrected chi connectivity index (χ0v) is 21.5. The molecule has 5 nitrogen and oxygen atoms in total. The zero-order valence-electron chi connectivity index (χ0n) is 18.8. The summed E-state index contributed by atoms with van der Waals surface area (Å²) in [5, 5.41) is 15.5. The number of hydrogen-bond acceptors (Lipinski definition) is 5. The predicted molar refractivity (Wildman–Crippen MR) is 127 cm³/mol. The Balaban J connectivity index is 0.000000858. The van der Waals surface area contributed by atoms with E-state index < -0.39 is 0 Å². The van der Waals surface area contributed by atoms with Crippen molar-refractivity contribution in [2.75, 3.05) is 13.1 Å². The maximum absolute atomic E-state index is 5.06. The average molecular weight is 511 g/mol. The summed E-state index contributed by atoms with van der Waals surface area (Å²) >= 11 is 0.00694. The molecule has 31 heavy (non-hydrogen) atoms. The maximum atomic E-state index is 5.06. The molecule has 177 valence electrons. The van der Waals surface area contributed by atoms with E-state index in [1.807, 2.05) is 0 Å². The van der Waals surface area contributed by atoms with Gasteiger partial charge in [-0.1, -0.05) is 31.7 Å². The Bertz CT molecular complexity index is 603. The van der Waals surface area contributed by atoms with Crippen LogP contribution < -0.4 is 21.3 Å². The molecule has 2 heterocycles. The van der Waals surface area contributed by atoms with Gasteiger partial charge in [0.25, 0.3) is 0 Å². The molecule has 2 aliphatic carbocycles. The fourth-order valence-corrected chi connectivity index (χ4v) is 5.43. The third-order valence-corrected chi connectivity index (χ3v) is 7.08. The van der Waals surface area contributed by atoms with Crippen LogP contribution in [0.4, 0.5) is 0 Å². The van der Waals surface area contributed by atoms with Crippen LogP contribution in [0, 0.1) is 0 Å². The minimum atomic E-state index is 0.00694. The van der Waals surface area contributed by atoms with Gasteiger partial charge >= 0.3 is 33.3 Å². The molecule has 0 aromatic carbocycles. The molecule has 4 rings (SSSR count). The van der Waals surface area contributed by atoms with E-state index in [1.54, 1.807) is 0 Å². The average Bonchev–Trinajstić information content (AvgIpc) is 2.79. The molecule has 1 aromatic heterocycles. The summed E-state index contributed by atoms with van der Waals surface area (Å²) in [5.41, 5.74) is 2.34. The molecule has 4 N–H and O–H groups in total. The van der Waals surface area contributed by atoms with E-state index >= 15 is 0 Å². The molecule has 2 fully saturated rings. The number of aromatic nitrogens is 1. The third kappa shape index (κ3) is 7.82. The Labute approximate surface area is 203 Å². The van der Waals surface area contributed by atoms with Gasteiger partial charge in [0.05, 0.1) is 11.4 Å². The van der Waals surface area contributed by atoms with Gasteiger partial charge in [-0.3, -0.25) is 4.98 Å². The van der Waals surface area contributed by atoms with E-state index in [0.29, 0.717) is 24.2 Å². The standard InChI is InChI=1S/C23H39N5.2ClH.Mn/c1-16-18-12-7-13-19(28-18)17(2)27-23-11-6-4-9-21(23)25-15-14-24-20-8-3-5-10-22(20)26-16;;;/h7,12-13,16-17,20-27H,3-6,8-11,14-15H2,1-2H3;2*1H;/q;;;+2/p-2/t16-,17-,20?,21?,22+,23+;;;/m0.../s1. The fourth-order valence-electron chi connectivity index (χ4n) is 5.43. The summed E-state index contributed by atoms with van der Waals surface area (Å²) in [6.45, 7) is 6.66. The van der Waals surface area contributed by atoms with Crippen LogP contribution in [0.1, 0.15) is 88.7 Å². The first kappa shape index (κ1) is 25.7. The molecule has 0 radical (unpaired) electrons. The molecule has 2 bridgehead atoms. The molecule has 0 amide bonds. The van der Waals surface area contributed by atoms with Crippen molar-refractivity contribution in [2.24, 2.45) is 0 Å². The number of nitrogens with one attached hydrogen (secondary N) is 4. The molecule has 3 aliphatic rings. The summed E-state index contributed by atoms with van der Waals surface area (Å²) in [7, 11) is 9.59. The fraction of sp³-hybridized carbons (Fsp3) is 0.783. The van der Waals surface area contributed by atoms with Crippen LogP contribution in [0.3, 0.4) is 0 Å².